The van der Waals surface area contributed by atoms with Gasteiger partial charge in [0.1, 0.15) is 0 Å². The van der Waals surface area contributed by atoms with E-state index in [0.29, 0.717) is 6.42 Å². The van der Waals surface area contributed by atoms with Gasteiger partial charge in [-0.3, -0.25) is 4.79 Å². The second-order valence-electron chi connectivity index (χ2n) is 4.86. The van der Waals surface area contributed by atoms with Crippen molar-refractivity contribution in [3.05, 3.63) is 46.7 Å². The number of benzene rings is 1. The molecular formula is C14H15NO5S3. The van der Waals surface area contributed by atoms with Gasteiger partial charge in [-0.05, 0) is 36.1 Å². The maximum Gasteiger partial charge on any atom is 0.264 e. The number of amides is 1. The van der Waals surface area contributed by atoms with E-state index in [4.69, 9.17) is 0 Å². The number of hydrogen-bond acceptors (Lipinski definition) is 6. The van der Waals surface area contributed by atoms with Crippen LogP contribution in [-0.2, 0) is 31.1 Å². The lowest BCUT2D eigenvalue weighted by Gasteiger charge is -2.08. The first-order valence-corrected chi connectivity index (χ1v) is 10.8. The molecule has 2 aromatic rings. The van der Waals surface area contributed by atoms with Gasteiger partial charge < -0.3 is 0 Å². The number of carbonyl (C=O) groups is 1. The molecule has 0 aliphatic rings. The normalized spacial score (nSPS) is 12.0. The zero-order valence-corrected chi connectivity index (χ0v) is 14.7. The van der Waals surface area contributed by atoms with E-state index >= 15 is 0 Å². The van der Waals surface area contributed by atoms with Crippen molar-refractivity contribution in [1.82, 2.24) is 4.72 Å². The Hall–Kier alpha value is -1.71. The third-order valence-corrected chi connectivity index (χ3v) is 6.39. The first-order valence-electron chi connectivity index (χ1n) is 6.57. The van der Waals surface area contributed by atoms with E-state index in [1.165, 1.54) is 29.5 Å². The molecule has 2 rings (SSSR count). The fraction of sp³-hybridized carbons (Fsp3) is 0.214. The third-order valence-electron chi connectivity index (χ3n) is 2.97. The minimum Gasteiger partial charge on any atom is -0.274 e. The molecule has 1 amide bonds. The van der Waals surface area contributed by atoms with E-state index in [9.17, 15) is 21.6 Å². The van der Waals surface area contributed by atoms with Crippen LogP contribution in [0.5, 0.6) is 0 Å². The molecule has 0 aliphatic heterocycles. The van der Waals surface area contributed by atoms with E-state index < -0.39 is 25.8 Å². The van der Waals surface area contributed by atoms with Crippen LogP contribution in [0.2, 0.25) is 0 Å². The molecule has 0 saturated heterocycles. The summed E-state index contributed by atoms with van der Waals surface area (Å²) in [5.41, 5.74) is 0. The number of sulfone groups is 1. The van der Waals surface area contributed by atoms with Crippen molar-refractivity contribution in [3.63, 3.8) is 0 Å². The van der Waals surface area contributed by atoms with Crippen LogP contribution in [0.3, 0.4) is 0 Å². The van der Waals surface area contributed by atoms with Crippen LogP contribution in [-0.4, -0.2) is 29.0 Å². The van der Waals surface area contributed by atoms with Gasteiger partial charge in [0.2, 0.25) is 5.91 Å². The van der Waals surface area contributed by atoms with Gasteiger partial charge in [-0.25, -0.2) is 21.6 Å². The first-order chi connectivity index (χ1) is 10.7. The lowest BCUT2D eigenvalue weighted by molar-refractivity contribution is -0.119. The molecule has 1 aromatic heterocycles. The zero-order chi connectivity index (χ0) is 17.1. The average molecular weight is 373 g/mol. The van der Waals surface area contributed by atoms with Crippen LogP contribution < -0.4 is 4.72 Å². The van der Waals surface area contributed by atoms with Crippen LogP contribution in [0.1, 0.15) is 11.3 Å². The molecule has 1 aromatic carbocycles. The number of hydrogen-bond donors (Lipinski definition) is 1. The van der Waals surface area contributed by atoms with Crippen LogP contribution in [0.25, 0.3) is 0 Å². The van der Waals surface area contributed by atoms with Crippen molar-refractivity contribution in [1.29, 1.82) is 0 Å². The Kier molecular flexibility index (Phi) is 5.23. The second kappa shape index (κ2) is 6.81. The highest BCUT2D eigenvalue weighted by atomic mass is 32.2. The number of rotatable bonds is 6. The van der Waals surface area contributed by atoms with E-state index in [-0.39, 0.29) is 16.2 Å². The molecule has 0 fully saturated rings. The van der Waals surface area contributed by atoms with Crippen LogP contribution in [0.15, 0.2) is 51.6 Å². The summed E-state index contributed by atoms with van der Waals surface area (Å²) in [5.74, 6) is -0.636. The molecule has 0 atom stereocenters. The van der Waals surface area contributed by atoms with Gasteiger partial charge in [0, 0.05) is 17.6 Å². The summed E-state index contributed by atoms with van der Waals surface area (Å²) in [5, 5.41) is 1.88. The Morgan fingerprint density at radius 2 is 1.78 bits per heavy atom. The molecule has 0 saturated carbocycles. The highest BCUT2D eigenvalue weighted by Crippen LogP contribution is 2.16. The molecule has 1 N–H and O–H groups in total. The molecule has 9 heteroatoms. The van der Waals surface area contributed by atoms with Crippen molar-refractivity contribution in [3.8, 4) is 0 Å². The minimum absolute atomic E-state index is 0.0332. The topological polar surface area (TPSA) is 97.4 Å². The molecular weight excluding hydrogens is 358 g/mol. The lowest BCUT2D eigenvalue weighted by Crippen LogP contribution is -2.30. The fourth-order valence-corrected chi connectivity index (χ4v) is 4.33. The molecule has 23 heavy (non-hydrogen) atoms. The number of thiophene rings is 1. The third kappa shape index (κ3) is 4.88. The van der Waals surface area contributed by atoms with Crippen molar-refractivity contribution >= 4 is 37.1 Å². The van der Waals surface area contributed by atoms with E-state index in [0.717, 1.165) is 17.2 Å². The molecule has 6 nitrogen and oxygen atoms in total. The molecule has 0 radical (unpaired) electrons. The van der Waals surface area contributed by atoms with Gasteiger partial charge in [-0.1, -0.05) is 12.1 Å². The second-order valence-corrected chi connectivity index (χ2v) is 9.59. The summed E-state index contributed by atoms with van der Waals surface area (Å²) in [7, 11) is -7.62. The number of nitrogens with one attached hydrogen (secondary N) is 1. The van der Waals surface area contributed by atoms with Crippen molar-refractivity contribution in [2.24, 2.45) is 0 Å². The monoisotopic (exact) mass is 373 g/mol. The summed E-state index contributed by atoms with van der Waals surface area (Å²) in [6.07, 6.45) is 1.46. The summed E-state index contributed by atoms with van der Waals surface area (Å²) < 4.78 is 49.2. The SMILES string of the molecule is CS(=O)(=O)c1cccc(S(=O)(=O)NC(=O)CCc2cccs2)c1. The molecule has 1 heterocycles. The highest BCUT2D eigenvalue weighted by molar-refractivity contribution is 7.91. The Morgan fingerprint density at radius 1 is 1.09 bits per heavy atom. The smallest absolute Gasteiger partial charge is 0.264 e. The average Bonchev–Trinajstić information content (AvgIpc) is 2.97. The Balaban J connectivity index is 2.11. The van der Waals surface area contributed by atoms with Crippen molar-refractivity contribution in [2.45, 2.75) is 22.6 Å². The maximum atomic E-state index is 12.2. The van der Waals surface area contributed by atoms with Crippen molar-refractivity contribution < 1.29 is 21.6 Å². The molecule has 0 unspecified atom stereocenters. The Bertz CT molecular complexity index is 900. The zero-order valence-electron chi connectivity index (χ0n) is 12.2. The van der Waals surface area contributed by atoms with Crippen LogP contribution in [0, 0.1) is 0 Å². The molecule has 124 valence electrons. The fourth-order valence-electron chi connectivity index (χ4n) is 1.82. The van der Waals surface area contributed by atoms with E-state index in [1.54, 1.807) is 0 Å². The molecule has 0 spiro atoms. The van der Waals surface area contributed by atoms with Gasteiger partial charge in [0.05, 0.1) is 9.79 Å². The predicted molar refractivity (Wildman–Crippen MR) is 87.5 cm³/mol. The minimum atomic E-state index is -4.09. The first kappa shape index (κ1) is 17.6. The lowest BCUT2D eigenvalue weighted by atomic mass is 10.2. The van der Waals surface area contributed by atoms with E-state index in [2.05, 4.69) is 0 Å². The van der Waals surface area contributed by atoms with Gasteiger partial charge in [0.25, 0.3) is 10.0 Å². The summed E-state index contributed by atoms with van der Waals surface area (Å²) >= 11 is 1.49. The number of aryl methyl sites for hydroxylation is 1. The van der Waals surface area contributed by atoms with Crippen LogP contribution in [0.4, 0.5) is 0 Å². The molecule has 0 aliphatic carbocycles. The van der Waals surface area contributed by atoms with Gasteiger partial charge >= 0.3 is 0 Å². The maximum absolute atomic E-state index is 12.2. The highest BCUT2D eigenvalue weighted by Gasteiger charge is 2.19. The predicted octanol–water partition coefficient (Wildman–Crippen LogP) is 1.59. The van der Waals surface area contributed by atoms with Crippen molar-refractivity contribution in [2.75, 3.05) is 6.26 Å². The Labute approximate surface area is 139 Å². The van der Waals surface area contributed by atoms with Gasteiger partial charge in [0.15, 0.2) is 9.84 Å². The quantitative estimate of drug-likeness (QED) is 0.829. The van der Waals surface area contributed by atoms with Gasteiger partial charge in [-0.2, -0.15) is 0 Å². The molecule has 0 bridgehead atoms. The largest absolute Gasteiger partial charge is 0.274 e. The summed E-state index contributed by atoms with van der Waals surface area (Å²) in [6.45, 7) is 0. The standard InChI is InChI=1S/C14H15NO5S3/c1-22(17,18)12-5-2-6-13(10-12)23(19,20)15-14(16)8-7-11-4-3-9-21-11/h2-6,9-10H,7-8H2,1H3,(H,15,16). The van der Waals surface area contributed by atoms with E-state index in [1.807, 2.05) is 22.2 Å². The van der Waals surface area contributed by atoms with Crippen LogP contribution >= 0.6 is 11.3 Å². The number of sulfonamides is 1. The number of carbonyl (C=O) groups excluding carboxylic acids is 1. The summed E-state index contributed by atoms with van der Waals surface area (Å²) in [4.78, 5) is 12.4. The summed E-state index contributed by atoms with van der Waals surface area (Å²) in [6, 6.07) is 8.61. The van der Waals surface area contributed by atoms with Gasteiger partial charge in [-0.15, -0.1) is 11.3 Å². The Morgan fingerprint density at radius 3 is 2.39 bits per heavy atom.